The third kappa shape index (κ3) is 3.62. The summed E-state index contributed by atoms with van der Waals surface area (Å²) in [4.78, 5) is 31.7. The van der Waals surface area contributed by atoms with Gasteiger partial charge in [-0.3, -0.25) is 9.69 Å². The number of piperidine rings is 1. The number of nitrogens with zero attached hydrogens (tertiary/aromatic N) is 1. The van der Waals surface area contributed by atoms with Crippen LogP contribution in [-0.4, -0.2) is 39.9 Å². The van der Waals surface area contributed by atoms with E-state index in [0.717, 1.165) is 32.5 Å². The lowest BCUT2D eigenvalue weighted by Crippen LogP contribution is -2.47. The SMILES string of the molecule is O=C(N[C@@H]1CCCN(Cc2cccs2)C1)c1c[nH]c(=O)[nH]1. The Morgan fingerprint density at radius 2 is 2.43 bits per heavy atom. The Morgan fingerprint density at radius 3 is 3.14 bits per heavy atom. The first-order chi connectivity index (χ1) is 10.2. The van der Waals surface area contributed by atoms with Crippen molar-refractivity contribution in [3.05, 3.63) is 44.8 Å². The van der Waals surface area contributed by atoms with Gasteiger partial charge in [-0.2, -0.15) is 0 Å². The number of hydrogen-bond acceptors (Lipinski definition) is 4. The first kappa shape index (κ1) is 14.1. The molecule has 2 aromatic heterocycles. The molecule has 1 fully saturated rings. The summed E-state index contributed by atoms with van der Waals surface area (Å²) in [6, 6.07) is 4.33. The molecule has 1 aliphatic rings. The maximum Gasteiger partial charge on any atom is 0.323 e. The van der Waals surface area contributed by atoms with Gasteiger partial charge in [0, 0.05) is 30.2 Å². The lowest BCUT2D eigenvalue weighted by molar-refractivity contribution is 0.0896. The second-order valence-electron chi connectivity index (χ2n) is 5.28. The molecular formula is C14H18N4O2S. The first-order valence-corrected chi connectivity index (χ1v) is 7.92. The Labute approximate surface area is 126 Å². The van der Waals surface area contributed by atoms with E-state index in [1.54, 1.807) is 11.3 Å². The largest absolute Gasteiger partial charge is 0.347 e. The van der Waals surface area contributed by atoms with E-state index >= 15 is 0 Å². The predicted octanol–water partition coefficient (Wildman–Crippen LogP) is 1.16. The van der Waals surface area contributed by atoms with Gasteiger partial charge < -0.3 is 15.3 Å². The topological polar surface area (TPSA) is 81.0 Å². The molecule has 0 radical (unpaired) electrons. The maximum atomic E-state index is 12.0. The van der Waals surface area contributed by atoms with Crippen LogP contribution in [0.3, 0.4) is 0 Å². The van der Waals surface area contributed by atoms with Crippen molar-refractivity contribution in [1.29, 1.82) is 0 Å². The van der Waals surface area contributed by atoms with Gasteiger partial charge >= 0.3 is 5.69 Å². The van der Waals surface area contributed by atoms with Crippen LogP contribution in [0.5, 0.6) is 0 Å². The molecule has 3 heterocycles. The minimum Gasteiger partial charge on any atom is -0.347 e. The number of aromatic nitrogens is 2. The number of aromatic amines is 2. The highest BCUT2D eigenvalue weighted by molar-refractivity contribution is 7.09. The molecule has 6 nitrogen and oxygen atoms in total. The summed E-state index contributed by atoms with van der Waals surface area (Å²) in [5.41, 5.74) is -0.0708. The number of thiophene rings is 1. The van der Waals surface area contributed by atoms with Gasteiger partial charge in [0.15, 0.2) is 0 Å². The second kappa shape index (κ2) is 6.28. The molecule has 1 amide bonds. The summed E-state index contributed by atoms with van der Waals surface area (Å²) in [6.45, 7) is 2.84. The molecule has 0 saturated carbocycles. The number of likely N-dealkylation sites (tertiary alicyclic amines) is 1. The van der Waals surface area contributed by atoms with E-state index in [2.05, 4.69) is 37.7 Å². The van der Waals surface area contributed by atoms with Crippen LogP contribution in [0.15, 0.2) is 28.5 Å². The zero-order chi connectivity index (χ0) is 14.7. The zero-order valence-corrected chi connectivity index (χ0v) is 12.4. The molecule has 7 heteroatoms. The van der Waals surface area contributed by atoms with Crippen molar-refractivity contribution in [2.24, 2.45) is 0 Å². The van der Waals surface area contributed by atoms with Crippen LogP contribution in [0.25, 0.3) is 0 Å². The minimum absolute atomic E-state index is 0.129. The number of carbonyl (C=O) groups excluding carboxylic acids is 1. The Morgan fingerprint density at radius 1 is 1.52 bits per heavy atom. The molecule has 112 valence electrons. The molecule has 1 atom stereocenters. The van der Waals surface area contributed by atoms with Gasteiger partial charge in [0.05, 0.1) is 0 Å². The number of hydrogen-bond donors (Lipinski definition) is 3. The average molecular weight is 306 g/mol. The van der Waals surface area contributed by atoms with Gasteiger partial charge in [-0.15, -0.1) is 11.3 Å². The molecule has 21 heavy (non-hydrogen) atoms. The Kier molecular flexibility index (Phi) is 4.21. The number of rotatable bonds is 4. The summed E-state index contributed by atoms with van der Waals surface area (Å²) in [6.07, 6.45) is 3.45. The molecule has 0 aliphatic carbocycles. The number of carbonyl (C=O) groups is 1. The quantitative estimate of drug-likeness (QED) is 0.793. The smallest absolute Gasteiger partial charge is 0.323 e. The zero-order valence-electron chi connectivity index (χ0n) is 11.6. The Hall–Kier alpha value is -1.86. The van der Waals surface area contributed by atoms with Crippen LogP contribution in [-0.2, 0) is 6.54 Å². The van der Waals surface area contributed by atoms with E-state index in [1.165, 1.54) is 11.1 Å². The van der Waals surface area contributed by atoms with Crippen molar-refractivity contribution in [2.45, 2.75) is 25.4 Å². The second-order valence-corrected chi connectivity index (χ2v) is 6.32. The summed E-state index contributed by atoms with van der Waals surface area (Å²) < 4.78 is 0. The first-order valence-electron chi connectivity index (χ1n) is 7.04. The van der Waals surface area contributed by atoms with Crippen molar-refractivity contribution < 1.29 is 4.79 Å². The number of H-pyrrole nitrogens is 2. The third-order valence-electron chi connectivity index (χ3n) is 3.64. The van der Waals surface area contributed by atoms with E-state index in [1.807, 2.05) is 0 Å². The molecule has 0 bridgehead atoms. The molecule has 1 aliphatic heterocycles. The molecule has 3 rings (SSSR count). The van der Waals surface area contributed by atoms with Crippen LogP contribution in [0.2, 0.25) is 0 Å². The van der Waals surface area contributed by atoms with Crippen LogP contribution in [0.4, 0.5) is 0 Å². The van der Waals surface area contributed by atoms with Gasteiger partial charge in [-0.25, -0.2) is 4.79 Å². The van der Waals surface area contributed by atoms with Crippen molar-refractivity contribution in [1.82, 2.24) is 20.2 Å². The van der Waals surface area contributed by atoms with Crippen molar-refractivity contribution in [2.75, 3.05) is 13.1 Å². The van der Waals surface area contributed by atoms with E-state index < -0.39 is 0 Å². The Balaban J connectivity index is 1.56. The number of imidazole rings is 1. The van der Waals surface area contributed by atoms with Crippen LogP contribution >= 0.6 is 11.3 Å². The fourth-order valence-corrected chi connectivity index (χ4v) is 3.40. The number of nitrogens with one attached hydrogen (secondary N) is 3. The van der Waals surface area contributed by atoms with E-state index in [4.69, 9.17) is 0 Å². The molecule has 0 spiro atoms. The lowest BCUT2D eigenvalue weighted by atomic mass is 10.1. The van der Waals surface area contributed by atoms with Crippen LogP contribution < -0.4 is 11.0 Å². The summed E-state index contributed by atoms with van der Waals surface area (Å²) in [5.74, 6) is -0.226. The molecule has 0 aromatic carbocycles. The molecule has 0 unspecified atom stereocenters. The van der Waals surface area contributed by atoms with Gasteiger partial charge in [0.1, 0.15) is 5.69 Å². The fraction of sp³-hybridized carbons (Fsp3) is 0.429. The van der Waals surface area contributed by atoms with Gasteiger partial charge in [-0.05, 0) is 30.8 Å². The van der Waals surface area contributed by atoms with Crippen molar-refractivity contribution in [3.8, 4) is 0 Å². The van der Waals surface area contributed by atoms with Crippen LogP contribution in [0, 0.1) is 0 Å². The van der Waals surface area contributed by atoms with Gasteiger partial charge in [0.25, 0.3) is 5.91 Å². The molecule has 1 saturated heterocycles. The predicted molar refractivity (Wildman–Crippen MR) is 81.5 cm³/mol. The van der Waals surface area contributed by atoms with Crippen LogP contribution in [0.1, 0.15) is 28.2 Å². The highest BCUT2D eigenvalue weighted by Crippen LogP contribution is 2.17. The standard InChI is InChI=1S/C14H18N4O2S/c19-13(12-7-15-14(20)17-12)16-10-3-1-5-18(8-10)9-11-4-2-6-21-11/h2,4,6-7,10H,1,3,5,8-9H2,(H,16,19)(H2,15,17,20)/t10-/m1/s1. The lowest BCUT2D eigenvalue weighted by Gasteiger charge is -2.32. The average Bonchev–Trinajstić information content (AvgIpc) is 3.11. The summed E-state index contributed by atoms with van der Waals surface area (Å²) >= 11 is 1.76. The summed E-state index contributed by atoms with van der Waals surface area (Å²) in [5, 5.41) is 5.07. The molecule has 2 aromatic rings. The van der Waals surface area contributed by atoms with E-state index in [-0.39, 0.29) is 23.3 Å². The van der Waals surface area contributed by atoms with Gasteiger partial charge in [0.2, 0.25) is 0 Å². The van der Waals surface area contributed by atoms with E-state index in [9.17, 15) is 9.59 Å². The van der Waals surface area contributed by atoms with E-state index in [0.29, 0.717) is 0 Å². The summed E-state index contributed by atoms with van der Waals surface area (Å²) in [7, 11) is 0. The third-order valence-corrected chi connectivity index (χ3v) is 4.50. The molecular weight excluding hydrogens is 288 g/mol. The number of amides is 1. The minimum atomic E-state index is -0.358. The van der Waals surface area contributed by atoms with Crippen molar-refractivity contribution >= 4 is 17.2 Å². The highest BCUT2D eigenvalue weighted by Gasteiger charge is 2.22. The fourth-order valence-electron chi connectivity index (χ4n) is 2.66. The highest BCUT2D eigenvalue weighted by atomic mass is 32.1. The Bertz CT molecular complexity index is 646. The normalized spacial score (nSPS) is 19.5. The maximum absolute atomic E-state index is 12.0. The van der Waals surface area contributed by atoms with Crippen molar-refractivity contribution in [3.63, 3.8) is 0 Å². The van der Waals surface area contributed by atoms with Gasteiger partial charge in [-0.1, -0.05) is 6.07 Å². The molecule has 3 N–H and O–H groups in total. The monoisotopic (exact) mass is 306 g/mol.